The number of hydrogen-bond donors (Lipinski definition) is 0. The zero-order chi connectivity index (χ0) is 32.2. The summed E-state index contributed by atoms with van der Waals surface area (Å²) in [6.45, 7) is 10.4. The first-order valence-electron chi connectivity index (χ1n) is 19.1. The third-order valence-electron chi connectivity index (χ3n) is 8.05. The maximum atomic E-state index is 12.4. The van der Waals surface area contributed by atoms with Crippen LogP contribution < -0.4 is 0 Å². The standard InChI is InChI=1S/C40H74N2O2/c1-5-7-9-11-15-21-27-33-41-35-29-23-17-13-19-25-31-39(44-40(43)37-38(3)4)32-26-20-14-18-24-30-36-42-34-28-22-16-12-10-8-6-2/h21-22,27-28,35-36,38-39H,5-20,23-26,29-34,37H2,1-4H3/b27-21-,28-22-,41-35?,42-36?. The summed E-state index contributed by atoms with van der Waals surface area (Å²) in [4.78, 5) is 21.4. The number of ether oxygens (including phenoxy) is 1. The molecule has 256 valence electrons. The van der Waals surface area contributed by atoms with Gasteiger partial charge in [-0.25, -0.2) is 0 Å². The van der Waals surface area contributed by atoms with Gasteiger partial charge in [-0.1, -0.05) is 129 Å². The summed E-state index contributed by atoms with van der Waals surface area (Å²) in [5.41, 5.74) is 0. The topological polar surface area (TPSA) is 51.0 Å². The van der Waals surface area contributed by atoms with Crippen LogP contribution in [0.2, 0.25) is 0 Å². The molecule has 0 aliphatic rings. The van der Waals surface area contributed by atoms with Gasteiger partial charge in [-0.05, 0) is 95.4 Å². The van der Waals surface area contributed by atoms with Crippen molar-refractivity contribution in [1.29, 1.82) is 0 Å². The van der Waals surface area contributed by atoms with Gasteiger partial charge in [-0.3, -0.25) is 14.8 Å². The number of carbonyl (C=O) groups excluding carboxylic acids is 1. The lowest BCUT2D eigenvalue weighted by atomic mass is 10.0. The minimum Gasteiger partial charge on any atom is -0.462 e. The van der Waals surface area contributed by atoms with Crippen molar-refractivity contribution < 1.29 is 9.53 Å². The Hall–Kier alpha value is -1.71. The van der Waals surface area contributed by atoms with E-state index in [-0.39, 0.29) is 12.1 Å². The monoisotopic (exact) mass is 615 g/mol. The second kappa shape index (κ2) is 35.8. The summed E-state index contributed by atoms with van der Waals surface area (Å²) in [5, 5.41) is 0. The van der Waals surface area contributed by atoms with Gasteiger partial charge in [0.05, 0.1) is 13.1 Å². The molecule has 0 aliphatic carbocycles. The zero-order valence-corrected chi connectivity index (χ0v) is 29.9. The van der Waals surface area contributed by atoms with Crippen LogP contribution in [0.3, 0.4) is 0 Å². The smallest absolute Gasteiger partial charge is 0.306 e. The fourth-order valence-electron chi connectivity index (χ4n) is 5.32. The van der Waals surface area contributed by atoms with Gasteiger partial charge in [0, 0.05) is 6.42 Å². The number of aliphatic imine (C=N–C) groups is 2. The summed E-state index contributed by atoms with van der Waals surface area (Å²) >= 11 is 0. The van der Waals surface area contributed by atoms with Crippen LogP contribution in [0.15, 0.2) is 34.3 Å². The Balaban J connectivity index is 3.92. The van der Waals surface area contributed by atoms with Crippen LogP contribution in [-0.2, 0) is 9.53 Å². The minimum atomic E-state index is -0.0127. The Morgan fingerprint density at radius 1 is 0.545 bits per heavy atom. The lowest BCUT2D eigenvalue weighted by molar-refractivity contribution is -0.150. The van der Waals surface area contributed by atoms with Crippen LogP contribution >= 0.6 is 0 Å². The lowest BCUT2D eigenvalue weighted by Gasteiger charge is -2.19. The summed E-state index contributed by atoms with van der Waals surface area (Å²) in [5.74, 6) is 0.342. The highest BCUT2D eigenvalue weighted by molar-refractivity contribution is 5.69. The summed E-state index contributed by atoms with van der Waals surface area (Å²) in [7, 11) is 0. The molecule has 0 N–H and O–H groups in total. The van der Waals surface area contributed by atoms with Gasteiger partial charge in [0.25, 0.3) is 0 Å². The average molecular weight is 615 g/mol. The third kappa shape index (κ3) is 34.8. The highest BCUT2D eigenvalue weighted by Gasteiger charge is 2.15. The first-order chi connectivity index (χ1) is 21.6. The van der Waals surface area contributed by atoms with Gasteiger partial charge < -0.3 is 4.74 Å². The molecule has 0 spiro atoms. The first-order valence-corrected chi connectivity index (χ1v) is 19.1. The van der Waals surface area contributed by atoms with Crippen molar-refractivity contribution in [2.75, 3.05) is 13.1 Å². The Morgan fingerprint density at radius 3 is 1.41 bits per heavy atom. The van der Waals surface area contributed by atoms with Crippen LogP contribution in [-0.4, -0.2) is 37.6 Å². The predicted molar refractivity (Wildman–Crippen MR) is 196 cm³/mol. The van der Waals surface area contributed by atoms with E-state index in [1.807, 2.05) is 0 Å². The Bertz CT molecular complexity index is 662. The number of allylic oxidation sites excluding steroid dienone is 2. The number of carbonyl (C=O) groups is 1. The molecule has 0 rings (SSSR count). The first kappa shape index (κ1) is 42.3. The van der Waals surface area contributed by atoms with E-state index in [0.717, 1.165) is 51.6 Å². The fraction of sp³-hybridized carbons (Fsp3) is 0.825. The highest BCUT2D eigenvalue weighted by Crippen LogP contribution is 2.18. The summed E-state index contributed by atoms with van der Waals surface area (Å²) in [6.07, 6.45) is 43.3. The fourth-order valence-corrected chi connectivity index (χ4v) is 5.32. The molecule has 0 aliphatic heterocycles. The Kier molecular flexibility index (Phi) is 34.4. The van der Waals surface area contributed by atoms with Crippen LogP contribution in [0.5, 0.6) is 0 Å². The predicted octanol–water partition coefficient (Wildman–Crippen LogP) is 12.6. The molecule has 4 heteroatoms. The molecule has 0 heterocycles. The second-order valence-electron chi connectivity index (χ2n) is 13.1. The zero-order valence-electron chi connectivity index (χ0n) is 29.9. The molecule has 0 saturated heterocycles. The van der Waals surface area contributed by atoms with E-state index in [0.29, 0.717) is 12.3 Å². The van der Waals surface area contributed by atoms with Gasteiger partial charge in [-0.15, -0.1) is 0 Å². The minimum absolute atomic E-state index is 0.0127. The molecule has 0 unspecified atom stereocenters. The van der Waals surface area contributed by atoms with E-state index in [1.54, 1.807) is 0 Å². The van der Waals surface area contributed by atoms with Crippen molar-refractivity contribution >= 4 is 18.4 Å². The number of rotatable bonds is 33. The van der Waals surface area contributed by atoms with E-state index in [4.69, 9.17) is 4.74 Å². The maximum absolute atomic E-state index is 12.4. The lowest BCUT2D eigenvalue weighted by Crippen LogP contribution is -2.19. The van der Waals surface area contributed by atoms with Crippen LogP contribution in [0.1, 0.15) is 188 Å². The molecular weight excluding hydrogens is 540 g/mol. The third-order valence-corrected chi connectivity index (χ3v) is 8.05. The SMILES string of the molecule is CCCCCC/C=C\CN=CCCCCCCCC(CCCCCCCC=NC/C=C\CCCCCC)OC(=O)CC(C)C. The number of esters is 1. The molecule has 44 heavy (non-hydrogen) atoms. The van der Waals surface area contributed by atoms with Gasteiger partial charge in [0.1, 0.15) is 6.10 Å². The number of unbranched alkanes of at least 4 members (excludes halogenated alkanes) is 18. The molecule has 0 bridgehead atoms. The van der Waals surface area contributed by atoms with E-state index in [9.17, 15) is 4.79 Å². The molecule has 4 nitrogen and oxygen atoms in total. The molecule has 0 fully saturated rings. The molecule has 0 aromatic rings. The molecule has 0 aromatic carbocycles. The van der Waals surface area contributed by atoms with Crippen molar-refractivity contribution in [3.63, 3.8) is 0 Å². The van der Waals surface area contributed by atoms with E-state index < -0.39 is 0 Å². The maximum Gasteiger partial charge on any atom is 0.306 e. The van der Waals surface area contributed by atoms with Crippen molar-refractivity contribution in [3.05, 3.63) is 24.3 Å². The molecule has 0 aromatic heterocycles. The quantitative estimate of drug-likeness (QED) is 0.0319. The van der Waals surface area contributed by atoms with E-state index in [1.165, 1.54) is 116 Å². The average Bonchev–Trinajstić information content (AvgIpc) is 3.00. The molecular formula is C40H74N2O2. The van der Waals surface area contributed by atoms with Crippen LogP contribution in [0.4, 0.5) is 0 Å². The van der Waals surface area contributed by atoms with Gasteiger partial charge in [-0.2, -0.15) is 0 Å². The van der Waals surface area contributed by atoms with E-state index >= 15 is 0 Å². The second-order valence-corrected chi connectivity index (χ2v) is 13.1. The van der Waals surface area contributed by atoms with Crippen molar-refractivity contribution in [2.24, 2.45) is 15.9 Å². The summed E-state index contributed by atoms with van der Waals surface area (Å²) in [6, 6.07) is 0. The van der Waals surface area contributed by atoms with Crippen LogP contribution in [0.25, 0.3) is 0 Å². The van der Waals surface area contributed by atoms with Gasteiger partial charge in [0.15, 0.2) is 0 Å². The molecule has 0 radical (unpaired) electrons. The van der Waals surface area contributed by atoms with Crippen molar-refractivity contribution in [2.45, 2.75) is 194 Å². The number of nitrogens with zero attached hydrogens (tertiary/aromatic N) is 2. The highest BCUT2D eigenvalue weighted by atomic mass is 16.5. The van der Waals surface area contributed by atoms with Crippen molar-refractivity contribution in [1.82, 2.24) is 0 Å². The molecule has 0 saturated carbocycles. The Labute approximate surface area is 275 Å². The molecule has 0 amide bonds. The Morgan fingerprint density at radius 2 is 0.955 bits per heavy atom. The summed E-state index contributed by atoms with van der Waals surface area (Å²) < 4.78 is 5.93. The number of hydrogen-bond acceptors (Lipinski definition) is 4. The molecule has 0 atom stereocenters. The van der Waals surface area contributed by atoms with Gasteiger partial charge >= 0.3 is 5.97 Å². The van der Waals surface area contributed by atoms with E-state index in [2.05, 4.69) is 74.4 Å². The van der Waals surface area contributed by atoms with Gasteiger partial charge in [0.2, 0.25) is 0 Å². The normalized spacial score (nSPS) is 13.0. The van der Waals surface area contributed by atoms with Crippen LogP contribution in [0, 0.1) is 5.92 Å². The largest absolute Gasteiger partial charge is 0.462 e. The van der Waals surface area contributed by atoms with Crippen molar-refractivity contribution in [3.8, 4) is 0 Å².